The smallest absolute Gasteiger partial charge is 0.304 e. The Morgan fingerprint density at radius 3 is 2.13 bits per heavy atom. The molecule has 0 unspecified atom stereocenters. The zero-order chi connectivity index (χ0) is 16.7. The molecule has 0 aliphatic heterocycles. The van der Waals surface area contributed by atoms with Crippen LogP contribution >= 0.6 is 35.6 Å². The quantitative estimate of drug-likeness (QED) is 0.626. The molecule has 0 bridgehead atoms. The zero-order valence-electron chi connectivity index (χ0n) is 12.1. The first-order valence-corrected chi connectivity index (χ1v) is 8.58. The van der Waals surface area contributed by atoms with E-state index in [0.717, 1.165) is 17.1 Å². The van der Waals surface area contributed by atoms with Gasteiger partial charge in [0.1, 0.15) is 4.32 Å². The van der Waals surface area contributed by atoms with Crippen LogP contribution in [0.25, 0.3) is 0 Å². The van der Waals surface area contributed by atoms with E-state index in [1.165, 1.54) is 11.8 Å². The van der Waals surface area contributed by atoms with Gasteiger partial charge in [-0.2, -0.15) is 0 Å². The van der Waals surface area contributed by atoms with Crippen LogP contribution in [0.15, 0.2) is 48.5 Å². The molecule has 120 valence electrons. The molecule has 0 fully saturated rings. The van der Waals surface area contributed by atoms with Crippen LogP contribution in [0, 0.1) is 0 Å². The molecule has 0 amide bonds. The standard InChI is InChI=1S/C16H15ClN2O2S2/c17-11-1-3-12(4-2-11)18-13-5-7-14(8-6-13)19-16(22)23-10-9-15(20)21/h1-8,18H,9-10H2,(H,19,22)(H,20,21). The minimum Gasteiger partial charge on any atom is -0.481 e. The van der Waals surface area contributed by atoms with Gasteiger partial charge < -0.3 is 15.7 Å². The second kappa shape index (κ2) is 8.76. The Morgan fingerprint density at radius 1 is 1.04 bits per heavy atom. The van der Waals surface area contributed by atoms with Crippen molar-refractivity contribution in [2.75, 3.05) is 16.4 Å². The van der Waals surface area contributed by atoms with Crippen LogP contribution in [0.3, 0.4) is 0 Å². The van der Waals surface area contributed by atoms with E-state index >= 15 is 0 Å². The summed E-state index contributed by atoms with van der Waals surface area (Å²) < 4.78 is 0.560. The van der Waals surface area contributed by atoms with E-state index in [4.69, 9.17) is 28.9 Å². The molecule has 4 nitrogen and oxygen atoms in total. The topological polar surface area (TPSA) is 61.4 Å². The largest absolute Gasteiger partial charge is 0.481 e. The first kappa shape index (κ1) is 17.6. The van der Waals surface area contributed by atoms with Gasteiger partial charge in [0.05, 0.1) is 6.42 Å². The van der Waals surface area contributed by atoms with Crippen molar-refractivity contribution in [3.8, 4) is 0 Å². The molecule has 23 heavy (non-hydrogen) atoms. The van der Waals surface area contributed by atoms with Crippen molar-refractivity contribution >= 4 is 62.9 Å². The molecule has 0 heterocycles. The van der Waals surface area contributed by atoms with Crippen molar-refractivity contribution in [1.29, 1.82) is 0 Å². The van der Waals surface area contributed by atoms with Gasteiger partial charge >= 0.3 is 5.97 Å². The monoisotopic (exact) mass is 366 g/mol. The van der Waals surface area contributed by atoms with E-state index in [1.54, 1.807) is 0 Å². The van der Waals surface area contributed by atoms with Gasteiger partial charge in [-0.1, -0.05) is 35.6 Å². The molecule has 0 spiro atoms. The number of benzene rings is 2. The number of hydrogen-bond acceptors (Lipinski definition) is 4. The van der Waals surface area contributed by atoms with Gasteiger partial charge in [-0.15, -0.1) is 0 Å². The second-order valence-electron chi connectivity index (χ2n) is 4.61. The van der Waals surface area contributed by atoms with E-state index in [2.05, 4.69) is 10.6 Å². The lowest BCUT2D eigenvalue weighted by atomic mass is 10.2. The first-order chi connectivity index (χ1) is 11.0. The van der Waals surface area contributed by atoms with Crippen molar-refractivity contribution < 1.29 is 9.90 Å². The summed E-state index contributed by atoms with van der Waals surface area (Å²) in [7, 11) is 0. The van der Waals surface area contributed by atoms with Crippen LogP contribution in [0.5, 0.6) is 0 Å². The van der Waals surface area contributed by atoms with E-state index in [0.29, 0.717) is 15.1 Å². The van der Waals surface area contributed by atoms with E-state index in [1.807, 2.05) is 48.5 Å². The molecule has 0 aliphatic rings. The van der Waals surface area contributed by atoms with Gasteiger partial charge in [0.25, 0.3) is 0 Å². The van der Waals surface area contributed by atoms with Crippen LogP contribution in [-0.2, 0) is 4.79 Å². The molecule has 2 aromatic carbocycles. The number of thiocarbonyl (C=S) groups is 1. The van der Waals surface area contributed by atoms with Crippen molar-refractivity contribution in [2.24, 2.45) is 0 Å². The first-order valence-electron chi connectivity index (χ1n) is 6.81. The highest BCUT2D eigenvalue weighted by atomic mass is 35.5. The van der Waals surface area contributed by atoms with Crippen LogP contribution in [0.2, 0.25) is 5.02 Å². The number of carbonyl (C=O) groups is 1. The summed E-state index contributed by atoms with van der Waals surface area (Å²) in [5.41, 5.74) is 2.76. The lowest BCUT2D eigenvalue weighted by molar-refractivity contribution is -0.136. The normalized spacial score (nSPS) is 10.1. The third kappa shape index (κ3) is 6.48. The summed E-state index contributed by atoms with van der Waals surface area (Å²) >= 11 is 12.3. The number of carboxylic acids is 1. The van der Waals surface area contributed by atoms with Crippen molar-refractivity contribution in [1.82, 2.24) is 0 Å². The van der Waals surface area contributed by atoms with Crippen molar-refractivity contribution in [3.05, 3.63) is 53.6 Å². The van der Waals surface area contributed by atoms with Crippen LogP contribution in [0.4, 0.5) is 17.1 Å². The Hall–Kier alpha value is -1.76. The summed E-state index contributed by atoms with van der Waals surface area (Å²) in [6, 6.07) is 15.1. The Bertz CT molecular complexity index is 675. The average molecular weight is 367 g/mol. The number of halogens is 1. The third-order valence-corrected chi connectivity index (χ3v) is 4.29. The van der Waals surface area contributed by atoms with E-state index in [9.17, 15) is 4.79 Å². The van der Waals surface area contributed by atoms with Crippen molar-refractivity contribution in [2.45, 2.75) is 6.42 Å². The predicted molar refractivity (Wildman–Crippen MR) is 102 cm³/mol. The van der Waals surface area contributed by atoms with Gasteiger partial charge in [-0.25, -0.2) is 0 Å². The highest BCUT2D eigenvalue weighted by Gasteiger charge is 2.02. The van der Waals surface area contributed by atoms with Gasteiger partial charge in [-0.05, 0) is 48.5 Å². The number of carboxylic acid groups (broad SMARTS) is 1. The fraction of sp³-hybridized carbons (Fsp3) is 0.125. The minimum atomic E-state index is -0.821. The van der Waals surface area contributed by atoms with Crippen LogP contribution in [-0.4, -0.2) is 21.1 Å². The molecule has 0 aliphatic carbocycles. The molecular formula is C16H15ClN2O2S2. The van der Waals surface area contributed by atoms with Crippen molar-refractivity contribution in [3.63, 3.8) is 0 Å². The minimum absolute atomic E-state index is 0.0937. The SMILES string of the molecule is O=C(O)CCSC(=S)Nc1ccc(Nc2ccc(Cl)cc2)cc1. The number of hydrogen-bond donors (Lipinski definition) is 3. The molecule has 2 rings (SSSR count). The molecule has 0 saturated carbocycles. The molecule has 3 N–H and O–H groups in total. The second-order valence-corrected chi connectivity index (χ2v) is 6.82. The summed E-state index contributed by atoms with van der Waals surface area (Å²) in [6.07, 6.45) is 0.0937. The predicted octanol–water partition coefficient (Wildman–Crippen LogP) is 4.99. The third-order valence-electron chi connectivity index (χ3n) is 2.81. The van der Waals surface area contributed by atoms with Crippen LogP contribution < -0.4 is 10.6 Å². The number of nitrogens with one attached hydrogen (secondary N) is 2. The molecule has 2 aromatic rings. The summed E-state index contributed by atoms with van der Waals surface area (Å²) in [6.45, 7) is 0. The van der Waals surface area contributed by atoms with Gasteiger partial charge in [-0.3, -0.25) is 4.79 Å². The van der Waals surface area contributed by atoms with Crippen LogP contribution in [0.1, 0.15) is 6.42 Å². The fourth-order valence-electron chi connectivity index (χ4n) is 1.72. The summed E-state index contributed by atoms with van der Waals surface area (Å²) in [5.74, 6) is -0.366. The number of aliphatic carboxylic acids is 1. The highest BCUT2D eigenvalue weighted by Crippen LogP contribution is 2.21. The molecule has 0 atom stereocenters. The maximum Gasteiger partial charge on any atom is 0.304 e. The number of anilines is 3. The maximum atomic E-state index is 10.5. The summed E-state index contributed by atoms with van der Waals surface area (Å²) in [4.78, 5) is 10.5. The lowest BCUT2D eigenvalue weighted by Gasteiger charge is -2.09. The zero-order valence-corrected chi connectivity index (χ0v) is 14.5. The van der Waals surface area contributed by atoms with E-state index < -0.39 is 5.97 Å². The van der Waals surface area contributed by atoms with Gasteiger partial charge in [0.2, 0.25) is 0 Å². The lowest BCUT2D eigenvalue weighted by Crippen LogP contribution is -2.06. The van der Waals surface area contributed by atoms with Gasteiger partial charge in [0, 0.05) is 27.8 Å². The van der Waals surface area contributed by atoms with Gasteiger partial charge in [0.15, 0.2) is 0 Å². The maximum absolute atomic E-state index is 10.5. The average Bonchev–Trinajstić information content (AvgIpc) is 2.51. The molecule has 0 radical (unpaired) electrons. The number of rotatable bonds is 6. The Morgan fingerprint density at radius 2 is 1.57 bits per heavy atom. The Labute approximate surface area is 149 Å². The molecule has 7 heteroatoms. The fourth-order valence-corrected chi connectivity index (χ4v) is 2.87. The summed E-state index contributed by atoms with van der Waals surface area (Å²) in [5, 5.41) is 15.6. The van der Waals surface area contributed by atoms with E-state index in [-0.39, 0.29) is 6.42 Å². The molecule has 0 aromatic heterocycles. The molecule has 0 saturated heterocycles. The Balaban J connectivity index is 1.85. The highest BCUT2D eigenvalue weighted by molar-refractivity contribution is 8.23. The molecular weight excluding hydrogens is 352 g/mol. The number of thioether (sulfide) groups is 1. The Kier molecular flexibility index (Phi) is 6.70.